The highest BCUT2D eigenvalue weighted by atomic mass is 35.5. The van der Waals surface area contributed by atoms with Crippen LogP contribution in [0.5, 0.6) is 5.75 Å². The van der Waals surface area contributed by atoms with E-state index in [9.17, 15) is 9.59 Å². The van der Waals surface area contributed by atoms with Crippen LogP contribution < -0.4 is 15.7 Å². The number of benzene rings is 2. The van der Waals surface area contributed by atoms with Crippen molar-refractivity contribution < 1.29 is 13.9 Å². The molecular weight excluding hydrogens is 404 g/mol. The molecule has 1 atom stereocenters. The molecule has 1 aliphatic heterocycles. The molecule has 0 radical (unpaired) electrons. The first kappa shape index (κ1) is 21.9. The third-order valence-corrected chi connectivity index (χ3v) is 5.29. The van der Waals surface area contributed by atoms with Crippen LogP contribution in [0.3, 0.4) is 0 Å². The number of nitrogens with zero attached hydrogens (tertiary/aromatic N) is 1. The van der Waals surface area contributed by atoms with Crippen molar-refractivity contribution in [3.8, 4) is 5.75 Å². The van der Waals surface area contributed by atoms with Crippen molar-refractivity contribution in [2.75, 3.05) is 26.2 Å². The van der Waals surface area contributed by atoms with Gasteiger partial charge in [-0.2, -0.15) is 0 Å². The first-order chi connectivity index (χ1) is 14.1. The zero-order chi connectivity index (χ0) is 20.2. The van der Waals surface area contributed by atoms with Gasteiger partial charge in [0.2, 0.25) is 0 Å². The van der Waals surface area contributed by atoms with Crippen molar-refractivity contribution in [1.29, 1.82) is 0 Å². The van der Waals surface area contributed by atoms with E-state index in [1.165, 1.54) is 11.6 Å². The predicted molar refractivity (Wildman–Crippen MR) is 118 cm³/mol. The predicted octanol–water partition coefficient (Wildman–Crippen LogP) is 3.33. The zero-order valence-electron chi connectivity index (χ0n) is 16.8. The summed E-state index contributed by atoms with van der Waals surface area (Å²) in [5.41, 5.74) is 2.43. The largest absolute Gasteiger partial charge is 0.484 e. The number of amides is 1. The number of hydrogen-bond acceptors (Lipinski definition) is 5. The number of carbonyl (C=O) groups excluding carboxylic acids is 1. The number of piperazine rings is 1. The molecule has 1 aliphatic rings. The molecule has 30 heavy (non-hydrogen) atoms. The monoisotopic (exact) mass is 428 g/mol. The van der Waals surface area contributed by atoms with Crippen molar-refractivity contribution in [2.45, 2.75) is 19.4 Å². The Balaban J connectivity index is 0.00000256. The molecule has 1 N–H and O–H groups in total. The summed E-state index contributed by atoms with van der Waals surface area (Å²) in [4.78, 5) is 26.2. The summed E-state index contributed by atoms with van der Waals surface area (Å²) in [6, 6.07) is 16.7. The van der Waals surface area contributed by atoms with Crippen LogP contribution in [0.25, 0.3) is 11.0 Å². The van der Waals surface area contributed by atoms with Crippen LogP contribution >= 0.6 is 12.4 Å². The van der Waals surface area contributed by atoms with Crippen molar-refractivity contribution in [3.63, 3.8) is 0 Å². The fourth-order valence-electron chi connectivity index (χ4n) is 3.63. The van der Waals surface area contributed by atoms with Gasteiger partial charge >= 0.3 is 5.63 Å². The van der Waals surface area contributed by atoms with Crippen LogP contribution in [0.4, 0.5) is 0 Å². The fraction of sp³-hybridized carbons (Fsp3) is 0.304. The molecule has 3 aromatic rings. The highest BCUT2D eigenvalue weighted by Gasteiger charge is 2.28. The molecule has 1 fully saturated rings. The molecule has 6 nitrogen and oxygen atoms in total. The first-order valence-electron chi connectivity index (χ1n) is 9.90. The summed E-state index contributed by atoms with van der Waals surface area (Å²) in [7, 11) is 0. The number of aryl methyl sites for hydroxylation is 1. The van der Waals surface area contributed by atoms with E-state index in [1.807, 2.05) is 4.90 Å². The summed E-state index contributed by atoms with van der Waals surface area (Å²) in [5.74, 6) is 0.435. The first-order valence-corrected chi connectivity index (χ1v) is 9.90. The van der Waals surface area contributed by atoms with Crippen LogP contribution in [0, 0.1) is 0 Å². The number of rotatable bonds is 5. The molecule has 158 valence electrons. The molecule has 1 aromatic heterocycles. The molecule has 2 heterocycles. The van der Waals surface area contributed by atoms with E-state index in [-0.39, 0.29) is 31.0 Å². The van der Waals surface area contributed by atoms with Gasteiger partial charge < -0.3 is 19.4 Å². The van der Waals surface area contributed by atoms with Gasteiger partial charge in [0.05, 0.1) is 6.04 Å². The Morgan fingerprint density at radius 2 is 1.93 bits per heavy atom. The lowest BCUT2D eigenvalue weighted by atomic mass is 10.0. The Morgan fingerprint density at radius 3 is 2.70 bits per heavy atom. The number of hydrogen-bond donors (Lipinski definition) is 1. The highest BCUT2D eigenvalue weighted by Crippen LogP contribution is 2.24. The van der Waals surface area contributed by atoms with Crippen LogP contribution in [0.1, 0.15) is 24.1 Å². The number of fused-ring (bicyclic) bond motifs is 1. The van der Waals surface area contributed by atoms with Gasteiger partial charge in [-0.1, -0.05) is 31.2 Å². The highest BCUT2D eigenvalue weighted by molar-refractivity contribution is 5.85. The molecule has 1 saturated heterocycles. The van der Waals surface area contributed by atoms with Gasteiger partial charge in [-0.05, 0) is 35.7 Å². The topological polar surface area (TPSA) is 71.8 Å². The van der Waals surface area contributed by atoms with Gasteiger partial charge in [0.15, 0.2) is 6.61 Å². The SMILES string of the molecule is CCc1ccc(C2CNCCN2C(=O)COc2ccc3ccc(=O)oc3c2)cc1.Cl. The number of ether oxygens (including phenoxy) is 1. The van der Waals surface area contributed by atoms with E-state index >= 15 is 0 Å². The summed E-state index contributed by atoms with van der Waals surface area (Å²) >= 11 is 0. The quantitative estimate of drug-likeness (QED) is 0.631. The lowest BCUT2D eigenvalue weighted by molar-refractivity contribution is -0.136. The van der Waals surface area contributed by atoms with Gasteiger partial charge in [0.25, 0.3) is 5.91 Å². The van der Waals surface area contributed by atoms with Crippen molar-refractivity contribution in [1.82, 2.24) is 10.2 Å². The van der Waals surface area contributed by atoms with Gasteiger partial charge in [0, 0.05) is 37.2 Å². The molecule has 1 unspecified atom stereocenters. The molecule has 0 saturated carbocycles. The van der Waals surface area contributed by atoms with E-state index in [4.69, 9.17) is 9.15 Å². The number of carbonyl (C=O) groups is 1. The smallest absolute Gasteiger partial charge is 0.336 e. The van der Waals surface area contributed by atoms with E-state index in [2.05, 4.69) is 36.5 Å². The van der Waals surface area contributed by atoms with Crippen LogP contribution in [0.2, 0.25) is 0 Å². The molecule has 0 spiro atoms. The fourth-order valence-corrected chi connectivity index (χ4v) is 3.63. The normalized spacial score (nSPS) is 16.2. The minimum Gasteiger partial charge on any atom is -0.484 e. The Morgan fingerprint density at radius 1 is 1.17 bits per heavy atom. The third-order valence-electron chi connectivity index (χ3n) is 5.29. The minimum atomic E-state index is -0.413. The van der Waals surface area contributed by atoms with Crippen LogP contribution in [0.15, 0.2) is 63.8 Å². The molecule has 0 aliphatic carbocycles. The average molecular weight is 429 g/mol. The van der Waals surface area contributed by atoms with E-state index in [1.54, 1.807) is 24.3 Å². The molecule has 1 amide bonds. The maximum Gasteiger partial charge on any atom is 0.336 e. The van der Waals surface area contributed by atoms with Crippen LogP contribution in [-0.2, 0) is 11.2 Å². The molecule has 4 rings (SSSR count). The van der Waals surface area contributed by atoms with E-state index in [0.717, 1.165) is 30.5 Å². The average Bonchev–Trinajstić information content (AvgIpc) is 2.77. The zero-order valence-corrected chi connectivity index (χ0v) is 17.6. The summed E-state index contributed by atoms with van der Waals surface area (Å²) in [5, 5.41) is 4.18. The molecular formula is C23H25ClN2O4. The Hall–Kier alpha value is -2.83. The summed E-state index contributed by atoms with van der Waals surface area (Å²) in [6.45, 7) is 4.18. The van der Waals surface area contributed by atoms with E-state index < -0.39 is 5.63 Å². The molecule has 7 heteroatoms. The second-order valence-corrected chi connectivity index (χ2v) is 7.14. The lowest BCUT2D eigenvalue weighted by Gasteiger charge is -2.36. The maximum atomic E-state index is 12.9. The van der Waals surface area contributed by atoms with Gasteiger partial charge in [-0.15, -0.1) is 12.4 Å². The Kier molecular flexibility index (Phi) is 7.13. The van der Waals surface area contributed by atoms with Crippen molar-refractivity contribution in [3.05, 3.63) is 76.1 Å². The summed E-state index contributed by atoms with van der Waals surface area (Å²) in [6.07, 6.45) is 0.992. The van der Waals surface area contributed by atoms with Crippen molar-refractivity contribution in [2.24, 2.45) is 0 Å². The van der Waals surface area contributed by atoms with E-state index in [0.29, 0.717) is 17.9 Å². The minimum absolute atomic E-state index is 0. The lowest BCUT2D eigenvalue weighted by Crippen LogP contribution is -2.50. The Bertz CT molecular complexity index is 1060. The number of halogens is 1. The second kappa shape index (κ2) is 9.78. The Labute approximate surface area is 181 Å². The molecule has 2 aromatic carbocycles. The maximum absolute atomic E-state index is 12.9. The standard InChI is InChI=1S/C23H24N2O4.ClH/c1-2-16-3-5-17(6-4-16)20-14-24-11-12-25(20)22(26)15-28-19-9-7-18-8-10-23(27)29-21(18)13-19;/h3-10,13,20,24H,2,11-12,14-15H2,1H3;1H. The van der Waals surface area contributed by atoms with Crippen LogP contribution in [-0.4, -0.2) is 37.0 Å². The van der Waals surface area contributed by atoms with Gasteiger partial charge in [0.1, 0.15) is 11.3 Å². The van der Waals surface area contributed by atoms with Crippen molar-refractivity contribution >= 4 is 29.3 Å². The molecule has 0 bridgehead atoms. The number of nitrogens with one attached hydrogen (secondary N) is 1. The second-order valence-electron chi connectivity index (χ2n) is 7.14. The van der Waals surface area contributed by atoms with Gasteiger partial charge in [-0.25, -0.2) is 4.79 Å². The summed E-state index contributed by atoms with van der Waals surface area (Å²) < 4.78 is 10.9. The van der Waals surface area contributed by atoms with Gasteiger partial charge in [-0.3, -0.25) is 4.79 Å². The third kappa shape index (κ3) is 4.83.